The lowest BCUT2D eigenvalue weighted by Crippen LogP contribution is -1.88. The van der Waals surface area contributed by atoms with Crippen LogP contribution in [0.5, 0.6) is 0 Å². The molecule has 0 aliphatic heterocycles. The molecule has 0 spiro atoms. The van der Waals surface area contributed by atoms with Crippen molar-refractivity contribution in [3.8, 4) is 0 Å². The van der Waals surface area contributed by atoms with E-state index in [0.717, 1.165) is 11.8 Å². The SMILES string of the molecule is CC(C)CS[P-]SCC(C)C.[NH4+]. The standard InChI is InChI=1S/C8H18PS2.H3N/c1-7(2)5-10-9-11-6-8(3)4;/h7-8H,5-6H2,1-4H3;1H3/q-1;/p+1. The van der Waals surface area contributed by atoms with Crippen molar-refractivity contribution >= 4 is 29.7 Å². The summed E-state index contributed by atoms with van der Waals surface area (Å²) >= 11 is 4.08. The highest BCUT2D eigenvalue weighted by Crippen LogP contribution is 2.43. The van der Waals surface area contributed by atoms with Gasteiger partial charge in [-0.2, -0.15) is 0 Å². The molecule has 0 atom stereocenters. The summed E-state index contributed by atoms with van der Waals surface area (Å²) in [5, 5.41) is 0. The van der Waals surface area contributed by atoms with E-state index in [1.807, 2.05) is 22.8 Å². The lowest BCUT2D eigenvalue weighted by atomic mass is 10.3. The third-order valence-corrected chi connectivity index (χ3v) is 6.19. The first-order valence-corrected chi connectivity index (χ1v) is 8.14. The van der Waals surface area contributed by atoms with Gasteiger partial charge >= 0.3 is 0 Å². The first-order valence-electron chi connectivity index (χ1n) is 4.07. The molecule has 0 aliphatic rings. The van der Waals surface area contributed by atoms with Gasteiger partial charge in [-0.3, -0.25) is 0 Å². The van der Waals surface area contributed by atoms with Gasteiger partial charge in [0, 0.05) is 0 Å². The average Bonchev–Trinajstić information content (AvgIpc) is 1.85. The van der Waals surface area contributed by atoms with Gasteiger partial charge in [0.15, 0.2) is 0 Å². The van der Waals surface area contributed by atoms with Crippen LogP contribution in [-0.4, -0.2) is 11.5 Å². The number of hydrogen-bond donors (Lipinski definition) is 1. The van der Waals surface area contributed by atoms with Crippen molar-refractivity contribution in [2.75, 3.05) is 11.5 Å². The lowest BCUT2D eigenvalue weighted by molar-refractivity contribution is 0.752. The Bertz CT molecular complexity index is 79.1. The highest BCUT2D eigenvalue weighted by molar-refractivity contribution is 8.82. The summed E-state index contributed by atoms with van der Waals surface area (Å²) in [5.74, 6) is 4.28. The lowest BCUT2D eigenvalue weighted by Gasteiger charge is -2.20. The van der Waals surface area contributed by atoms with Crippen LogP contribution in [0.3, 0.4) is 0 Å². The highest BCUT2D eigenvalue weighted by Gasteiger charge is 1.87. The molecule has 0 amide bonds. The number of quaternary nitrogens is 1. The minimum atomic E-state index is 0. The Morgan fingerprint density at radius 1 is 0.917 bits per heavy atom. The Balaban J connectivity index is 0. The Labute approximate surface area is 87.1 Å². The van der Waals surface area contributed by atoms with E-state index in [-0.39, 0.29) is 6.15 Å². The Morgan fingerprint density at radius 2 is 1.25 bits per heavy atom. The molecule has 0 saturated carbocycles. The van der Waals surface area contributed by atoms with E-state index in [0.29, 0.717) is 0 Å². The van der Waals surface area contributed by atoms with Crippen LogP contribution in [0.25, 0.3) is 0 Å². The number of rotatable bonds is 6. The van der Waals surface area contributed by atoms with Gasteiger partial charge in [0.1, 0.15) is 0 Å². The normalized spacial score (nSPS) is 10.5. The smallest absolute Gasteiger partial charge is 0.0333 e. The van der Waals surface area contributed by atoms with Crippen LogP contribution in [0.15, 0.2) is 0 Å². The predicted molar refractivity (Wildman–Crippen MR) is 67.5 cm³/mol. The summed E-state index contributed by atoms with van der Waals surface area (Å²) in [6.45, 7) is 10.6. The van der Waals surface area contributed by atoms with Gasteiger partial charge in [-0.05, 0) is 23.3 Å². The summed E-state index contributed by atoms with van der Waals surface area (Å²) < 4.78 is 0. The molecule has 12 heavy (non-hydrogen) atoms. The molecule has 1 nitrogen and oxygen atoms in total. The molecule has 0 saturated heterocycles. The fraction of sp³-hybridized carbons (Fsp3) is 1.00. The van der Waals surface area contributed by atoms with Crippen molar-refractivity contribution in [3.05, 3.63) is 0 Å². The Hall–Kier alpha value is 1.09. The maximum atomic E-state index is 2.27. The third-order valence-electron chi connectivity index (χ3n) is 0.921. The van der Waals surface area contributed by atoms with Crippen LogP contribution in [0.4, 0.5) is 0 Å². The molecule has 0 radical (unpaired) electrons. The minimum absolute atomic E-state index is 0. The van der Waals surface area contributed by atoms with Crippen molar-refractivity contribution in [1.82, 2.24) is 6.15 Å². The minimum Gasteiger partial charge on any atom is -0.403 e. The summed E-state index contributed by atoms with van der Waals surface area (Å²) in [7, 11) is 0. The zero-order valence-corrected chi connectivity index (χ0v) is 11.4. The van der Waals surface area contributed by atoms with Gasteiger partial charge in [0.05, 0.1) is 0 Å². The molecule has 0 rings (SSSR count). The van der Waals surface area contributed by atoms with E-state index in [2.05, 4.69) is 27.7 Å². The summed E-state index contributed by atoms with van der Waals surface area (Å²) in [4.78, 5) is 0. The topological polar surface area (TPSA) is 36.5 Å². The van der Waals surface area contributed by atoms with E-state index in [1.54, 1.807) is 0 Å². The van der Waals surface area contributed by atoms with Crippen molar-refractivity contribution in [2.24, 2.45) is 11.8 Å². The van der Waals surface area contributed by atoms with Gasteiger partial charge < -0.3 is 35.9 Å². The third kappa shape index (κ3) is 13.7. The monoisotopic (exact) mass is 227 g/mol. The van der Waals surface area contributed by atoms with E-state index < -0.39 is 0 Å². The number of hydrogen-bond acceptors (Lipinski definition) is 2. The average molecular weight is 227 g/mol. The van der Waals surface area contributed by atoms with E-state index >= 15 is 0 Å². The van der Waals surface area contributed by atoms with Gasteiger partial charge in [-0.1, -0.05) is 27.7 Å². The zero-order chi connectivity index (χ0) is 8.69. The molecule has 0 aromatic carbocycles. The molecular formula is C8H22NPS2. The van der Waals surface area contributed by atoms with Crippen LogP contribution < -0.4 is 6.15 Å². The van der Waals surface area contributed by atoms with E-state index in [4.69, 9.17) is 0 Å². The van der Waals surface area contributed by atoms with Gasteiger partial charge in [0.25, 0.3) is 0 Å². The molecule has 76 valence electrons. The van der Waals surface area contributed by atoms with Crippen molar-refractivity contribution in [2.45, 2.75) is 27.7 Å². The highest BCUT2D eigenvalue weighted by atomic mass is 33.1. The molecule has 0 bridgehead atoms. The van der Waals surface area contributed by atoms with Crippen LogP contribution >= 0.6 is 29.7 Å². The molecule has 0 heterocycles. The maximum Gasteiger partial charge on any atom is -0.0333 e. The first kappa shape index (κ1) is 15.6. The largest absolute Gasteiger partial charge is 0.403 e. The molecule has 0 unspecified atom stereocenters. The quantitative estimate of drug-likeness (QED) is 0.516. The van der Waals surface area contributed by atoms with Crippen molar-refractivity contribution in [1.29, 1.82) is 0 Å². The maximum absolute atomic E-state index is 2.27. The van der Waals surface area contributed by atoms with Crippen molar-refractivity contribution < 1.29 is 0 Å². The zero-order valence-electron chi connectivity index (χ0n) is 8.83. The molecule has 0 fully saturated rings. The molecule has 0 aliphatic carbocycles. The second-order valence-electron chi connectivity index (χ2n) is 3.45. The fourth-order valence-corrected chi connectivity index (χ4v) is 5.33. The van der Waals surface area contributed by atoms with Crippen LogP contribution in [0.1, 0.15) is 27.7 Å². The van der Waals surface area contributed by atoms with E-state index in [9.17, 15) is 0 Å². The van der Waals surface area contributed by atoms with E-state index in [1.165, 1.54) is 18.5 Å². The van der Waals surface area contributed by atoms with Crippen LogP contribution in [0.2, 0.25) is 0 Å². The first-order chi connectivity index (χ1) is 5.13. The molecule has 4 heteroatoms. The summed E-state index contributed by atoms with van der Waals surface area (Å²) in [6.07, 6.45) is 0. The fourth-order valence-electron chi connectivity index (χ4n) is 0.396. The van der Waals surface area contributed by atoms with Crippen LogP contribution in [-0.2, 0) is 0 Å². The molecule has 0 aromatic rings. The summed E-state index contributed by atoms with van der Waals surface area (Å²) in [5.41, 5.74) is 0. The second-order valence-corrected chi connectivity index (χ2v) is 8.12. The van der Waals surface area contributed by atoms with Gasteiger partial charge in [-0.25, -0.2) is 0 Å². The van der Waals surface area contributed by atoms with Gasteiger partial charge in [-0.15, -0.1) is 0 Å². The Kier molecular flexibility index (Phi) is 13.2. The second kappa shape index (κ2) is 10.2. The summed E-state index contributed by atoms with van der Waals surface area (Å²) in [6, 6.07) is 0. The molecular weight excluding hydrogens is 205 g/mol. The van der Waals surface area contributed by atoms with Gasteiger partial charge in [0.2, 0.25) is 0 Å². The predicted octanol–water partition coefficient (Wildman–Crippen LogP) is 4.92. The Morgan fingerprint density at radius 3 is 1.50 bits per heavy atom. The molecule has 0 aromatic heterocycles. The molecule has 4 N–H and O–H groups in total. The van der Waals surface area contributed by atoms with Crippen molar-refractivity contribution in [3.63, 3.8) is 0 Å². The van der Waals surface area contributed by atoms with Crippen LogP contribution in [0, 0.1) is 11.8 Å².